The van der Waals surface area contributed by atoms with Gasteiger partial charge in [0.05, 0.1) is 29.2 Å². The van der Waals surface area contributed by atoms with E-state index in [2.05, 4.69) is 21.5 Å². The van der Waals surface area contributed by atoms with Crippen molar-refractivity contribution in [3.63, 3.8) is 0 Å². The van der Waals surface area contributed by atoms with Crippen LogP contribution >= 0.6 is 0 Å². The van der Waals surface area contributed by atoms with Gasteiger partial charge in [-0.15, -0.1) is 0 Å². The van der Waals surface area contributed by atoms with Crippen molar-refractivity contribution in [3.05, 3.63) is 83.2 Å². The number of hydrogen-bond donors (Lipinski definition) is 2. The largest absolute Gasteiger partial charge is 0.315 e. The summed E-state index contributed by atoms with van der Waals surface area (Å²) in [6.45, 7) is 1.43. The number of nitrogens with zero attached hydrogens (tertiary/aromatic N) is 3. The van der Waals surface area contributed by atoms with Crippen LogP contribution in [0.3, 0.4) is 0 Å². The fourth-order valence-corrected chi connectivity index (χ4v) is 4.27. The van der Waals surface area contributed by atoms with Crippen molar-refractivity contribution in [1.29, 1.82) is 0 Å². The second-order valence-electron chi connectivity index (χ2n) is 8.08. The van der Waals surface area contributed by atoms with Crippen molar-refractivity contribution in [2.45, 2.75) is 12.8 Å². The molecule has 1 atom stereocenters. The second-order valence-corrected chi connectivity index (χ2v) is 9.54. The van der Waals surface area contributed by atoms with Crippen LogP contribution in [0.15, 0.2) is 60.4 Å². The van der Waals surface area contributed by atoms with E-state index in [1.165, 1.54) is 12.1 Å². The van der Waals surface area contributed by atoms with E-state index in [-0.39, 0.29) is 11.6 Å². The molecule has 2 aromatic heterocycles. The van der Waals surface area contributed by atoms with Crippen LogP contribution in [0.25, 0.3) is 11.8 Å². The molecule has 10 heteroatoms. The monoisotopic (exact) mass is 470 g/mol. The molecule has 172 valence electrons. The van der Waals surface area contributed by atoms with Gasteiger partial charge in [-0.25, -0.2) is 9.07 Å². The molecule has 0 bridgehead atoms. The smallest absolute Gasteiger partial charge is 0.261 e. The molecule has 1 aromatic carbocycles. The summed E-state index contributed by atoms with van der Waals surface area (Å²) in [7, 11) is -3.67. The highest BCUT2D eigenvalue weighted by Crippen LogP contribution is 2.44. The normalized spacial score (nSPS) is 19.4. The lowest BCUT2D eigenvalue weighted by Crippen LogP contribution is -2.50. The Kier molecular flexibility index (Phi) is 6.24. The van der Waals surface area contributed by atoms with Gasteiger partial charge in [-0.1, -0.05) is 11.6 Å². The van der Waals surface area contributed by atoms with Crippen LogP contribution in [0.5, 0.6) is 0 Å². The average molecular weight is 471 g/mol. The summed E-state index contributed by atoms with van der Waals surface area (Å²) in [5, 5.41) is 7.91. The third-order valence-electron chi connectivity index (χ3n) is 5.71. The molecule has 0 spiro atoms. The van der Waals surface area contributed by atoms with E-state index in [1.807, 2.05) is 23.0 Å². The number of rotatable bonds is 3. The molecular formula is C23H23FN4O4S. The molecule has 3 aromatic rings. The molecule has 1 unspecified atom stereocenters. The maximum Gasteiger partial charge on any atom is 0.261 e. The second kappa shape index (κ2) is 8.97. The first-order chi connectivity index (χ1) is 15.7. The van der Waals surface area contributed by atoms with Crippen LogP contribution in [0.4, 0.5) is 4.39 Å². The van der Waals surface area contributed by atoms with Gasteiger partial charge in [-0.2, -0.15) is 13.5 Å². The molecule has 1 saturated heterocycles. The van der Waals surface area contributed by atoms with Crippen LogP contribution in [0, 0.1) is 11.2 Å². The molecule has 8 nitrogen and oxygen atoms in total. The zero-order valence-corrected chi connectivity index (χ0v) is 18.7. The first-order valence-electron chi connectivity index (χ1n) is 10.3. The Bertz CT molecular complexity index is 1300. The number of carbonyl (C=O) groups is 1. The van der Waals surface area contributed by atoms with Gasteiger partial charge in [0, 0.05) is 12.7 Å². The highest BCUT2D eigenvalue weighted by atomic mass is 32.2. The van der Waals surface area contributed by atoms with Crippen molar-refractivity contribution >= 4 is 22.0 Å². The molecule has 2 N–H and O–H groups in total. The standard InChI is InChI=1S/C22H19FN4O.CH4O3S/c23-17-4-6-18(7-5-17)27-20-11-16-8-10-24-14-22(16,12-15(20)13-26-27)21(28)19-3-1-2-9-25-19;1-5(2,3)4/h1-7,9,11,13,24H,8,10,12,14H2;1H3,(H,2,3,4). The van der Waals surface area contributed by atoms with Gasteiger partial charge >= 0.3 is 0 Å². The molecular weight excluding hydrogens is 447 g/mol. The van der Waals surface area contributed by atoms with E-state index in [1.54, 1.807) is 24.4 Å². The molecule has 2 aliphatic rings. The fraction of sp³-hybridized carbons (Fsp3) is 0.261. The Morgan fingerprint density at radius 2 is 1.94 bits per heavy atom. The molecule has 1 aliphatic heterocycles. The van der Waals surface area contributed by atoms with Crippen LogP contribution < -0.4 is 5.32 Å². The summed E-state index contributed by atoms with van der Waals surface area (Å²) in [6, 6.07) is 11.7. The Labute approximate surface area is 190 Å². The minimum Gasteiger partial charge on any atom is -0.315 e. The van der Waals surface area contributed by atoms with Crippen LogP contribution in [0.1, 0.15) is 28.2 Å². The zero-order chi connectivity index (χ0) is 23.6. The molecule has 5 rings (SSSR count). The molecule has 33 heavy (non-hydrogen) atoms. The molecule has 1 fully saturated rings. The van der Waals surface area contributed by atoms with Crippen molar-refractivity contribution in [3.8, 4) is 5.69 Å². The summed E-state index contributed by atoms with van der Waals surface area (Å²) >= 11 is 0. The van der Waals surface area contributed by atoms with Gasteiger partial charge in [0.1, 0.15) is 11.5 Å². The SMILES string of the molecule is CS(=O)(=O)O.O=C(c1ccccn1)C12CNCCC1=Cc1c(cnn1-c1ccc(F)cc1)C2. The molecule has 0 amide bonds. The number of benzene rings is 1. The van der Waals surface area contributed by atoms with Gasteiger partial charge in [0.25, 0.3) is 10.1 Å². The first kappa shape index (κ1) is 23.0. The third kappa shape index (κ3) is 4.92. The van der Waals surface area contributed by atoms with Crippen LogP contribution in [-0.4, -0.2) is 52.9 Å². The number of fused-ring (bicyclic) bond motifs is 2. The average Bonchev–Trinajstić information content (AvgIpc) is 3.19. The highest BCUT2D eigenvalue weighted by molar-refractivity contribution is 7.85. The maximum atomic E-state index is 13.5. The number of Topliss-reactive ketones (excluding diaryl/α,β-unsaturated/α-hetero) is 1. The molecule has 0 radical (unpaired) electrons. The predicted octanol–water partition coefficient (Wildman–Crippen LogP) is 2.71. The summed E-state index contributed by atoms with van der Waals surface area (Å²) in [5.74, 6) is -0.229. The number of ketones is 1. The molecule has 3 heterocycles. The lowest BCUT2D eigenvalue weighted by Gasteiger charge is -2.41. The van der Waals surface area contributed by atoms with E-state index < -0.39 is 15.5 Å². The summed E-state index contributed by atoms with van der Waals surface area (Å²) in [5.41, 5.74) is 3.76. The van der Waals surface area contributed by atoms with Crippen molar-refractivity contribution in [2.75, 3.05) is 19.3 Å². The van der Waals surface area contributed by atoms with Crippen LogP contribution in [0.2, 0.25) is 0 Å². The van der Waals surface area contributed by atoms with E-state index in [0.29, 0.717) is 24.9 Å². The maximum absolute atomic E-state index is 13.5. The molecule has 1 aliphatic carbocycles. The van der Waals surface area contributed by atoms with E-state index in [9.17, 15) is 17.6 Å². The van der Waals surface area contributed by atoms with Gasteiger partial charge in [0.2, 0.25) is 0 Å². The Hall–Kier alpha value is -3.21. The Morgan fingerprint density at radius 1 is 1.21 bits per heavy atom. The van der Waals surface area contributed by atoms with Crippen molar-refractivity contribution in [2.24, 2.45) is 5.41 Å². The Morgan fingerprint density at radius 3 is 2.61 bits per heavy atom. The lowest BCUT2D eigenvalue weighted by atomic mass is 9.65. The predicted molar refractivity (Wildman–Crippen MR) is 121 cm³/mol. The topological polar surface area (TPSA) is 114 Å². The van der Waals surface area contributed by atoms with Gasteiger partial charge in [-0.05, 0) is 67.4 Å². The number of piperidine rings is 1. The number of carbonyl (C=O) groups excluding carboxylic acids is 1. The van der Waals surface area contributed by atoms with E-state index >= 15 is 0 Å². The number of halogens is 1. The number of hydrogen-bond acceptors (Lipinski definition) is 6. The third-order valence-corrected chi connectivity index (χ3v) is 5.71. The van der Waals surface area contributed by atoms with E-state index in [4.69, 9.17) is 4.55 Å². The van der Waals surface area contributed by atoms with E-state index in [0.717, 1.165) is 35.5 Å². The Balaban J connectivity index is 0.000000471. The fourth-order valence-electron chi connectivity index (χ4n) is 4.27. The van der Waals surface area contributed by atoms with Gasteiger partial charge in [0.15, 0.2) is 5.78 Å². The van der Waals surface area contributed by atoms with Crippen molar-refractivity contribution in [1.82, 2.24) is 20.1 Å². The summed E-state index contributed by atoms with van der Waals surface area (Å²) < 4.78 is 41.0. The first-order valence-corrected chi connectivity index (χ1v) is 12.2. The minimum absolute atomic E-state index is 0.0479. The van der Waals surface area contributed by atoms with Gasteiger partial charge in [-0.3, -0.25) is 14.3 Å². The van der Waals surface area contributed by atoms with Gasteiger partial charge < -0.3 is 5.32 Å². The minimum atomic E-state index is -3.67. The quantitative estimate of drug-likeness (QED) is 0.447. The van der Waals surface area contributed by atoms with Crippen LogP contribution in [-0.2, 0) is 16.5 Å². The highest BCUT2D eigenvalue weighted by Gasteiger charge is 2.47. The molecule has 0 saturated carbocycles. The van der Waals surface area contributed by atoms with Crippen molar-refractivity contribution < 1.29 is 22.2 Å². The lowest BCUT2D eigenvalue weighted by molar-refractivity contribution is 0.0812. The number of pyridine rings is 1. The number of aromatic nitrogens is 3. The number of nitrogens with one attached hydrogen (secondary N) is 1. The zero-order valence-electron chi connectivity index (χ0n) is 17.9. The summed E-state index contributed by atoms with van der Waals surface area (Å²) in [6.07, 6.45) is 7.66. The summed E-state index contributed by atoms with van der Waals surface area (Å²) in [4.78, 5) is 17.8.